The molecule has 0 spiro atoms. The monoisotopic (exact) mass is 457 g/mol. The molecule has 2 unspecified atom stereocenters. The Morgan fingerprint density at radius 3 is 2.66 bits per heavy atom. The molecule has 172 valence electrons. The Kier molecular flexibility index (Phi) is 5.83. The SMILES string of the molecule is COc1cc2c(cc1OC(C)C)N1C(CO2)C(C(=O)N(C)C(C)(C)C)=NC1c1ccsc1. The fourth-order valence-electron chi connectivity index (χ4n) is 3.89. The number of aliphatic imine (C=N–C) groups is 1. The van der Waals surface area contributed by atoms with Gasteiger partial charge in [0.05, 0.1) is 18.9 Å². The molecule has 0 bridgehead atoms. The van der Waals surface area contributed by atoms with Gasteiger partial charge in [0.15, 0.2) is 11.5 Å². The number of thiophene rings is 1. The molecule has 2 aromatic rings. The number of carbonyl (C=O) groups is 1. The highest BCUT2D eigenvalue weighted by molar-refractivity contribution is 7.08. The van der Waals surface area contributed by atoms with Crippen LogP contribution in [0.25, 0.3) is 0 Å². The van der Waals surface area contributed by atoms with Crippen LogP contribution in [0.15, 0.2) is 34.0 Å². The highest BCUT2D eigenvalue weighted by Crippen LogP contribution is 2.48. The van der Waals surface area contributed by atoms with Crippen LogP contribution in [0.1, 0.15) is 46.3 Å². The summed E-state index contributed by atoms with van der Waals surface area (Å²) in [6.45, 7) is 10.3. The predicted molar refractivity (Wildman–Crippen MR) is 128 cm³/mol. The second-order valence-corrected chi connectivity index (χ2v) is 10.1. The van der Waals surface area contributed by atoms with Crippen molar-refractivity contribution in [2.45, 2.75) is 58.5 Å². The fraction of sp³-hybridized carbons (Fsp3) is 0.500. The summed E-state index contributed by atoms with van der Waals surface area (Å²) in [7, 11) is 3.44. The zero-order chi connectivity index (χ0) is 23.2. The van der Waals surface area contributed by atoms with Crippen LogP contribution in [0.5, 0.6) is 17.2 Å². The second-order valence-electron chi connectivity index (χ2n) is 9.35. The van der Waals surface area contributed by atoms with Crippen molar-refractivity contribution in [2.75, 3.05) is 25.7 Å². The molecular formula is C24H31N3O4S. The topological polar surface area (TPSA) is 63.6 Å². The first kappa shape index (κ1) is 22.5. The van der Waals surface area contributed by atoms with Crippen LogP contribution in [0, 0.1) is 0 Å². The standard InChI is InChI=1S/C24H31N3O4S/c1-14(2)31-20-10-16-18(11-19(20)29-7)30-12-17-21(23(28)26(6)24(3,4)5)25-22(27(16)17)15-8-9-32-13-15/h8-11,13-14,17,22H,12H2,1-7H3. The molecule has 2 aliphatic rings. The van der Waals surface area contributed by atoms with Crippen molar-refractivity contribution in [2.24, 2.45) is 4.99 Å². The number of hydrogen-bond donors (Lipinski definition) is 0. The maximum absolute atomic E-state index is 13.5. The molecular weight excluding hydrogens is 426 g/mol. The summed E-state index contributed by atoms with van der Waals surface area (Å²) in [5, 5.41) is 4.11. The smallest absolute Gasteiger partial charge is 0.270 e. The lowest BCUT2D eigenvalue weighted by Crippen LogP contribution is -2.52. The zero-order valence-corrected chi connectivity index (χ0v) is 20.5. The first-order valence-corrected chi connectivity index (χ1v) is 11.7. The molecule has 0 fully saturated rings. The highest BCUT2D eigenvalue weighted by atomic mass is 32.1. The van der Waals surface area contributed by atoms with Gasteiger partial charge in [-0.05, 0) is 51.4 Å². The summed E-state index contributed by atoms with van der Waals surface area (Å²) < 4.78 is 17.7. The van der Waals surface area contributed by atoms with E-state index in [9.17, 15) is 4.79 Å². The van der Waals surface area contributed by atoms with Gasteiger partial charge in [-0.15, -0.1) is 0 Å². The number of ether oxygens (including phenoxy) is 3. The zero-order valence-electron chi connectivity index (χ0n) is 19.7. The minimum atomic E-state index is -0.316. The lowest BCUT2D eigenvalue weighted by Gasteiger charge is -2.38. The van der Waals surface area contributed by atoms with E-state index in [1.807, 2.05) is 59.2 Å². The van der Waals surface area contributed by atoms with Gasteiger partial charge in [-0.25, -0.2) is 0 Å². The van der Waals surface area contributed by atoms with E-state index in [0.717, 1.165) is 11.3 Å². The van der Waals surface area contributed by atoms with Gasteiger partial charge in [-0.2, -0.15) is 11.3 Å². The van der Waals surface area contributed by atoms with Crippen LogP contribution in [0.2, 0.25) is 0 Å². The van der Waals surface area contributed by atoms with E-state index >= 15 is 0 Å². The van der Waals surface area contributed by atoms with Gasteiger partial charge in [0.1, 0.15) is 30.3 Å². The average Bonchev–Trinajstić information content (AvgIpc) is 3.38. The molecule has 3 heterocycles. The van der Waals surface area contributed by atoms with Crippen molar-refractivity contribution in [1.29, 1.82) is 0 Å². The van der Waals surface area contributed by atoms with Crippen molar-refractivity contribution >= 4 is 28.6 Å². The van der Waals surface area contributed by atoms with Gasteiger partial charge < -0.3 is 24.0 Å². The third-order valence-electron chi connectivity index (χ3n) is 5.83. The summed E-state index contributed by atoms with van der Waals surface area (Å²) in [5.41, 5.74) is 2.10. The first-order chi connectivity index (χ1) is 15.1. The van der Waals surface area contributed by atoms with Crippen molar-refractivity contribution in [1.82, 2.24) is 4.90 Å². The minimum Gasteiger partial charge on any atom is -0.493 e. The van der Waals surface area contributed by atoms with Gasteiger partial charge in [-0.3, -0.25) is 9.79 Å². The quantitative estimate of drug-likeness (QED) is 0.661. The van der Waals surface area contributed by atoms with Crippen LogP contribution in [0.3, 0.4) is 0 Å². The van der Waals surface area contributed by atoms with E-state index in [1.165, 1.54) is 0 Å². The second kappa shape index (κ2) is 8.31. The lowest BCUT2D eigenvalue weighted by atomic mass is 10.0. The molecule has 1 amide bonds. The Hall–Kier alpha value is -2.74. The average molecular weight is 458 g/mol. The van der Waals surface area contributed by atoms with Crippen molar-refractivity contribution < 1.29 is 19.0 Å². The number of benzene rings is 1. The third-order valence-corrected chi connectivity index (χ3v) is 6.53. The van der Waals surface area contributed by atoms with Gasteiger partial charge in [0.25, 0.3) is 5.91 Å². The molecule has 2 atom stereocenters. The van der Waals surface area contributed by atoms with Crippen LogP contribution < -0.4 is 19.1 Å². The van der Waals surface area contributed by atoms with E-state index in [4.69, 9.17) is 19.2 Å². The van der Waals surface area contributed by atoms with E-state index < -0.39 is 0 Å². The molecule has 0 N–H and O–H groups in total. The molecule has 4 rings (SSSR count). The molecule has 0 saturated carbocycles. The Bertz CT molecular complexity index is 1030. The van der Waals surface area contributed by atoms with Gasteiger partial charge in [0, 0.05) is 30.3 Å². The summed E-state index contributed by atoms with van der Waals surface area (Å²) in [4.78, 5) is 22.3. The number of amides is 1. The predicted octanol–water partition coefficient (Wildman–Crippen LogP) is 4.52. The third kappa shape index (κ3) is 3.92. The van der Waals surface area contributed by atoms with Crippen LogP contribution in [0.4, 0.5) is 5.69 Å². The fourth-order valence-corrected chi connectivity index (χ4v) is 4.57. The van der Waals surface area contributed by atoms with E-state index in [0.29, 0.717) is 29.6 Å². The number of nitrogens with zero attached hydrogens (tertiary/aromatic N) is 3. The number of carbonyl (C=O) groups excluding carboxylic acids is 1. The number of methoxy groups -OCH3 is 1. The van der Waals surface area contributed by atoms with Gasteiger partial charge >= 0.3 is 0 Å². The lowest BCUT2D eigenvalue weighted by molar-refractivity contribution is -0.126. The van der Waals surface area contributed by atoms with E-state index in [-0.39, 0.29) is 29.8 Å². The van der Waals surface area contributed by atoms with Crippen molar-refractivity contribution in [3.05, 3.63) is 34.5 Å². The molecule has 0 radical (unpaired) electrons. The van der Waals surface area contributed by atoms with Crippen LogP contribution in [-0.4, -0.2) is 55.0 Å². The first-order valence-electron chi connectivity index (χ1n) is 10.8. The van der Waals surface area contributed by atoms with E-state index in [1.54, 1.807) is 23.3 Å². The Morgan fingerprint density at radius 1 is 1.31 bits per heavy atom. The number of fused-ring (bicyclic) bond motifs is 3. The summed E-state index contributed by atoms with van der Waals surface area (Å²) in [6.07, 6.45) is -0.316. The highest BCUT2D eigenvalue weighted by Gasteiger charge is 2.46. The number of rotatable bonds is 5. The Balaban J connectivity index is 1.80. The normalized spacial score (nSPS) is 19.8. The van der Waals surface area contributed by atoms with E-state index in [2.05, 4.69) is 16.3 Å². The maximum atomic E-state index is 13.5. The molecule has 2 aliphatic heterocycles. The van der Waals surface area contributed by atoms with Gasteiger partial charge in [0.2, 0.25) is 0 Å². The van der Waals surface area contributed by atoms with Crippen molar-refractivity contribution in [3.8, 4) is 17.2 Å². The molecule has 1 aromatic heterocycles. The summed E-state index contributed by atoms with van der Waals surface area (Å²) in [6, 6.07) is 5.57. The van der Waals surface area contributed by atoms with Gasteiger partial charge in [-0.1, -0.05) is 0 Å². The van der Waals surface area contributed by atoms with Crippen molar-refractivity contribution in [3.63, 3.8) is 0 Å². The Labute approximate surface area is 193 Å². The Morgan fingerprint density at radius 2 is 2.06 bits per heavy atom. The molecule has 32 heavy (non-hydrogen) atoms. The molecule has 0 aliphatic carbocycles. The largest absolute Gasteiger partial charge is 0.493 e. The number of anilines is 1. The minimum absolute atomic E-state index is 0.0117. The molecule has 7 nitrogen and oxygen atoms in total. The molecule has 1 aromatic carbocycles. The number of hydrogen-bond acceptors (Lipinski definition) is 7. The summed E-state index contributed by atoms with van der Waals surface area (Å²) >= 11 is 1.62. The van der Waals surface area contributed by atoms with Crippen LogP contribution in [-0.2, 0) is 4.79 Å². The molecule has 0 saturated heterocycles. The van der Waals surface area contributed by atoms with Crippen LogP contribution >= 0.6 is 11.3 Å². The summed E-state index contributed by atoms with van der Waals surface area (Å²) in [5.74, 6) is 1.87. The maximum Gasteiger partial charge on any atom is 0.270 e. The molecule has 8 heteroatoms.